The molecule has 2 rings (SSSR count). The first-order chi connectivity index (χ1) is 7.63. The fraction of sp³-hybridized carbons (Fsp3) is 0.769. The maximum atomic E-state index is 12.4. The van der Waals surface area contributed by atoms with Gasteiger partial charge in [0.15, 0.2) is 0 Å². The molecule has 0 spiro atoms. The van der Waals surface area contributed by atoms with Crippen molar-refractivity contribution in [3.63, 3.8) is 0 Å². The second-order valence-electron chi connectivity index (χ2n) is 6.22. The summed E-state index contributed by atoms with van der Waals surface area (Å²) in [7, 11) is 3.28. The minimum atomic E-state index is -1.12. The number of hydrogen-bond acceptors (Lipinski definition) is 3. The molecule has 2 aliphatic carbocycles. The summed E-state index contributed by atoms with van der Waals surface area (Å²) in [6.45, 7) is 5.58. The van der Waals surface area contributed by atoms with E-state index >= 15 is 0 Å². The topological polar surface area (TPSA) is 54.5 Å². The van der Waals surface area contributed by atoms with Gasteiger partial charge >= 0.3 is 0 Å². The smallest absolute Gasteiger partial charge is 0.236 e. The molecule has 1 amide bonds. The summed E-state index contributed by atoms with van der Waals surface area (Å²) in [5.74, 6) is -1.05. The van der Waals surface area contributed by atoms with Crippen molar-refractivity contribution in [2.24, 2.45) is 16.2 Å². The Morgan fingerprint density at radius 1 is 1.06 bits per heavy atom. The molecule has 2 atom stereocenters. The first kappa shape index (κ1) is 12.3. The molecule has 0 radical (unpaired) electrons. The van der Waals surface area contributed by atoms with E-state index in [-0.39, 0.29) is 11.7 Å². The van der Waals surface area contributed by atoms with E-state index in [1.807, 2.05) is 20.8 Å². The monoisotopic (exact) mass is 237 g/mol. The highest BCUT2D eigenvalue weighted by Gasteiger charge is 2.78. The van der Waals surface area contributed by atoms with Crippen LogP contribution >= 0.6 is 0 Å². The number of rotatable bonds is 1. The van der Waals surface area contributed by atoms with Crippen molar-refractivity contribution in [1.82, 2.24) is 4.90 Å². The lowest BCUT2D eigenvalue weighted by Crippen LogP contribution is -2.50. The van der Waals surface area contributed by atoms with Gasteiger partial charge in [0, 0.05) is 19.5 Å². The summed E-state index contributed by atoms with van der Waals surface area (Å²) < 4.78 is 0. The van der Waals surface area contributed by atoms with Crippen LogP contribution < -0.4 is 0 Å². The van der Waals surface area contributed by atoms with Crippen molar-refractivity contribution in [3.8, 4) is 0 Å². The van der Waals surface area contributed by atoms with Gasteiger partial charge < -0.3 is 4.90 Å². The molecule has 0 aromatic rings. The summed E-state index contributed by atoms with van der Waals surface area (Å²) in [5.41, 5.74) is -2.38. The lowest BCUT2D eigenvalue weighted by Gasteiger charge is -2.38. The van der Waals surface area contributed by atoms with E-state index in [2.05, 4.69) is 0 Å². The Morgan fingerprint density at radius 3 is 1.94 bits per heavy atom. The molecular formula is C13H19NO3. The maximum Gasteiger partial charge on any atom is 0.236 e. The summed E-state index contributed by atoms with van der Waals surface area (Å²) in [6.07, 6.45) is 1.13. The van der Waals surface area contributed by atoms with Gasteiger partial charge in [-0.25, -0.2) is 0 Å². The Hall–Kier alpha value is -1.19. The van der Waals surface area contributed by atoms with E-state index in [1.54, 1.807) is 14.1 Å². The van der Waals surface area contributed by atoms with Gasteiger partial charge in [0.05, 0.1) is 0 Å². The number of carbonyl (C=O) groups excluding carboxylic acids is 3. The van der Waals surface area contributed by atoms with Gasteiger partial charge in [-0.3, -0.25) is 14.4 Å². The summed E-state index contributed by atoms with van der Waals surface area (Å²) >= 11 is 0. The molecule has 0 unspecified atom stereocenters. The number of nitrogens with zero attached hydrogens (tertiary/aromatic N) is 1. The average molecular weight is 237 g/mol. The maximum absolute atomic E-state index is 12.4. The zero-order chi connectivity index (χ0) is 13.2. The predicted molar refractivity (Wildman–Crippen MR) is 62.3 cm³/mol. The van der Waals surface area contributed by atoms with Crippen molar-refractivity contribution in [3.05, 3.63) is 0 Å². The van der Waals surface area contributed by atoms with E-state index in [0.717, 1.165) is 0 Å². The molecule has 0 heterocycles. The SMILES string of the molecule is CN(C)C(=O)[C@@]12CC[C@@](C)(C(=O)C1=O)C2(C)C. The molecule has 4 nitrogen and oxygen atoms in total. The molecule has 2 aliphatic rings. The first-order valence-corrected chi connectivity index (χ1v) is 5.94. The van der Waals surface area contributed by atoms with Gasteiger partial charge in [0.25, 0.3) is 0 Å². The van der Waals surface area contributed by atoms with Crippen LogP contribution in [0.1, 0.15) is 33.6 Å². The number of amides is 1. The second-order valence-corrected chi connectivity index (χ2v) is 6.22. The highest BCUT2D eigenvalue weighted by atomic mass is 16.2. The molecule has 0 N–H and O–H groups in total. The van der Waals surface area contributed by atoms with E-state index in [4.69, 9.17) is 0 Å². The van der Waals surface area contributed by atoms with Gasteiger partial charge in [-0.15, -0.1) is 0 Å². The van der Waals surface area contributed by atoms with Crippen molar-refractivity contribution in [2.75, 3.05) is 14.1 Å². The van der Waals surface area contributed by atoms with Gasteiger partial charge in [-0.2, -0.15) is 0 Å². The lowest BCUT2D eigenvalue weighted by atomic mass is 9.64. The van der Waals surface area contributed by atoms with Crippen molar-refractivity contribution < 1.29 is 14.4 Å². The molecule has 2 fully saturated rings. The Morgan fingerprint density at radius 2 is 1.59 bits per heavy atom. The van der Waals surface area contributed by atoms with E-state index in [0.29, 0.717) is 12.8 Å². The number of hydrogen-bond donors (Lipinski definition) is 0. The second kappa shape index (κ2) is 2.98. The molecule has 17 heavy (non-hydrogen) atoms. The third kappa shape index (κ3) is 0.980. The van der Waals surface area contributed by atoms with Crippen LogP contribution in [0.4, 0.5) is 0 Å². The summed E-state index contributed by atoms with van der Waals surface area (Å²) in [5, 5.41) is 0. The molecule has 2 saturated carbocycles. The van der Waals surface area contributed by atoms with Crippen LogP contribution in [0.5, 0.6) is 0 Å². The predicted octanol–water partition coefficient (Wildman–Crippen LogP) is 1.04. The van der Waals surface area contributed by atoms with Crippen molar-refractivity contribution >= 4 is 17.5 Å². The summed E-state index contributed by atoms with van der Waals surface area (Å²) in [4.78, 5) is 38.2. The normalized spacial score (nSPS) is 38.6. The fourth-order valence-corrected chi connectivity index (χ4v) is 3.63. The molecule has 0 aromatic heterocycles. The van der Waals surface area contributed by atoms with Gasteiger partial charge in [0.2, 0.25) is 17.5 Å². The van der Waals surface area contributed by atoms with E-state index in [9.17, 15) is 14.4 Å². The fourth-order valence-electron chi connectivity index (χ4n) is 3.63. The molecule has 0 aliphatic heterocycles. The average Bonchev–Trinajstić information content (AvgIpc) is 2.50. The number of carbonyl (C=O) groups is 3. The largest absolute Gasteiger partial charge is 0.348 e. The van der Waals surface area contributed by atoms with Crippen molar-refractivity contribution in [2.45, 2.75) is 33.6 Å². The Labute approximate surface area is 101 Å². The van der Waals surface area contributed by atoms with Crippen molar-refractivity contribution in [1.29, 1.82) is 0 Å². The minimum absolute atomic E-state index is 0.220. The highest BCUT2D eigenvalue weighted by Crippen LogP contribution is 2.69. The third-order valence-corrected chi connectivity index (χ3v) is 5.31. The van der Waals surface area contributed by atoms with Crippen LogP contribution in [0.2, 0.25) is 0 Å². The first-order valence-electron chi connectivity index (χ1n) is 5.94. The molecule has 0 saturated heterocycles. The Bertz CT molecular complexity index is 438. The zero-order valence-electron chi connectivity index (χ0n) is 11.1. The van der Waals surface area contributed by atoms with E-state index < -0.39 is 22.0 Å². The van der Waals surface area contributed by atoms with Crippen LogP contribution in [-0.4, -0.2) is 36.5 Å². The highest BCUT2D eigenvalue weighted by molar-refractivity contribution is 6.48. The van der Waals surface area contributed by atoms with Crippen LogP contribution in [0, 0.1) is 16.2 Å². The third-order valence-electron chi connectivity index (χ3n) is 5.31. The van der Waals surface area contributed by atoms with Gasteiger partial charge in [0.1, 0.15) is 5.41 Å². The van der Waals surface area contributed by atoms with Crippen LogP contribution in [-0.2, 0) is 14.4 Å². The van der Waals surface area contributed by atoms with Crippen LogP contribution in [0.25, 0.3) is 0 Å². The molecule has 0 aromatic carbocycles. The number of Topliss-reactive ketones (excluding diaryl/α,β-unsaturated/α-hetero) is 2. The Balaban J connectivity index is 2.66. The molecule has 4 heteroatoms. The number of ketones is 2. The number of fused-ring (bicyclic) bond motifs is 2. The lowest BCUT2D eigenvalue weighted by molar-refractivity contribution is -0.153. The molecule has 94 valence electrons. The zero-order valence-corrected chi connectivity index (χ0v) is 11.1. The minimum Gasteiger partial charge on any atom is -0.348 e. The molecular weight excluding hydrogens is 218 g/mol. The summed E-state index contributed by atoms with van der Waals surface area (Å²) in [6, 6.07) is 0. The van der Waals surface area contributed by atoms with Gasteiger partial charge in [-0.05, 0) is 18.3 Å². The van der Waals surface area contributed by atoms with Crippen LogP contribution in [0.3, 0.4) is 0 Å². The van der Waals surface area contributed by atoms with E-state index in [1.165, 1.54) is 4.90 Å². The Kier molecular flexibility index (Phi) is 2.15. The van der Waals surface area contributed by atoms with Crippen LogP contribution in [0.15, 0.2) is 0 Å². The standard InChI is InChI=1S/C13H19NO3/c1-11(2)12(3)6-7-13(11,9(16)8(12)15)10(17)14(4)5/h6-7H2,1-5H3/t12-,13+/m0/s1. The van der Waals surface area contributed by atoms with Gasteiger partial charge in [-0.1, -0.05) is 20.8 Å². The molecule has 2 bridgehead atoms. The quantitative estimate of drug-likeness (QED) is 0.506.